The van der Waals surface area contributed by atoms with Crippen molar-refractivity contribution in [1.82, 2.24) is 14.9 Å². The maximum atomic E-state index is 12.6. The quantitative estimate of drug-likeness (QED) is 0.427. The lowest BCUT2D eigenvalue weighted by Gasteiger charge is -2.23. The predicted octanol–water partition coefficient (Wildman–Crippen LogP) is 3.76. The van der Waals surface area contributed by atoms with E-state index in [0.717, 1.165) is 16.6 Å². The maximum absolute atomic E-state index is 12.6. The van der Waals surface area contributed by atoms with Gasteiger partial charge in [-0.05, 0) is 30.7 Å². The Hall–Kier alpha value is -2.36. The molecule has 7 nitrogen and oxygen atoms in total. The molecule has 31 heavy (non-hydrogen) atoms. The normalized spacial score (nSPS) is 17.5. The molecule has 4 rings (SSSR count). The van der Waals surface area contributed by atoms with Crippen molar-refractivity contribution in [3.05, 3.63) is 53.6 Å². The number of rotatable bonds is 6. The van der Waals surface area contributed by atoms with Gasteiger partial charge in [-0.2, -0.15) is 0 Å². The van der Waals surface area contributed by atoms with Crippen LogP contribution >= 0.6 is 23.4 Å². The van der Waals surface area contributed by atoms with Crippen LogP contribution in [0.3, 0.4) is 0 Å². The highest BCUT2D eigenvalue weighted by atomic mass is 35.5. The van der Waals surface area contributed by atoms with Gasteiger partial charge in [-0.1, -0.05) is 47.6 Å². The lowest BCUT2D eigenvalue weighted by molar-refractivity contribution is -0.128. The molecule has 1 N–H and O–H groups in total. The summed E-state index contributed by atoms with van der Waals surface area (Å²) in [5.74, 6) is 0.732. The molecule has 1 unspecified atom stereocenters. The van der Waals surface area contributed by atoms with E-state index in [9.17, 15) is 13.2 Å². The van der Waals surface area contributed by atoms with Crippen LogP contribution < -0.4 is 5.32 Å². The van der Waals surface area contributed by atoms with E-state index >= 15 is 0 Å². The van der Waals surface area contributed by atoms with Crippen molar-refractivity contribution in [2.45, 2.75) is 17.6 Å². The number of carbonyl (C=O) groups excluding carboxylic acids is 1. The highest BCUT2D eigenvalue weighted by molar-refractivity contribution is 7.99. The van der Waals surface area contributed by atoms with Gasteiger partial charge >= 0.3 is 0 Å². The summed E-state index contributed by atoms with van der Waals surface area (Å²) in [7, 11) is -1.40. The molecule has 1 aliphatic heterocycles. The van der Waals surface area contributed by atoms with E-state index in [0.29, 0.717) is 22.4 Å². The lowest BCUT2D eigenvalue weighted by Crippen LogP contribution is -2.38. The first-order valence-electron chi connectivity index (χ1n) is 9.69. The number of para-hydroxylation sites is 2. The fourth-order valence-electron chi connectivity index (χ4n) is 3.42. The topological polar surface area (TPSA) is 92.3 Å². The highest BCUT2D eigenvalue weighted by Gasteiger charge is 2.32. The first-order valence-corrected chi connectivity index (χ1v) is 12.9. The Labute approximate surface area is 190 Å². The van der Waals surface area contributed by atoms with E-state index in [-0.39, 0.29) is 29.2 Å². The summed E-state index contributed by atoms with van der Waals surface area (Å²) in [6.07, 6.45) is 0.480. The minimum Gasteiger partial charge on any atom is -0.341 e. The zero-order valence-corrected chi connectivity index (χ0v) is 19.2. The van der Waals surface area contributed by atoms with Gasteiger partial charge in [0.1, 0.15) is 5.82 Å². The number of sulfone groups is 1. The molecular weight excluding hydrogens is 456 g/mol. The number of aromatic nitrogens is 2. The number of halogens is 1. The second-order valence-corrected chi connectivity index (χ2v) is 10.9. The van der Waals surface area contributed by atoms with Gasteiger partial charge in [0.15, 0.2) is 15.0 Å². The molecule has 0 saturated carbocycles. The van der Waals surface area contributed by atoms with Gasteiger partial charge in [0.05, 0.1) is 33.5 Å². The summed E-state index contributed by atoms with van der Waals surface area (Å²) in [5, 5.41) is 5.13. The summed E-state index contributed by atoms with van der Waals surface area (Å²) < 4.78 is 23.4. The number of hydrogen-bond acceptors (Lipinski definition) is 7. The van der Waals surface area contributed by atoms with Crippen molar-refractivity contribution in [1.29, 1.82) is 0 Å². The minimum absolute atomic E-state index is 0.0261. The molecule has 1 aliphatic rings. The molecule has 3 aromatic rings. The number of thioether (sulfide) groups is 1. The van der Waals surface area contributed by atoms with Crippen molar-refractivity contribution >= 4 is 61.5 Å². The zero-order valence-electron chi connectivity index (χ0n) is 16.8. The largest absolute Gasteiger partial charge is 0.341 e. The molecule has 0 radical (unpaired) electrons. The number of hydrogen-bond donors (Lipinski definition) is 1. The molecule has 1 atom stereocenters. The van der Waals surface area contributed by atoms with E-state index in [1.54, 1.807) is 13.1 Å². The van der Waals surface area contributed by atoms with Crippen molar-refractivity contribution in [3.63, 3.8) is 0 Å². The first-order chi connectivity index (χ1) is 14.8. The number of nitrogens with one attached hydrogen (secondary N) is 1. The highest BCUT2D eigenvalue weighted by Crippen LogP contribution is 2.30. The molecule has 1 saturated heterocycles. The fraction of sp³-hybridized carbons (Fsp3) is 0.286. The third-order valence-corrected chi connectivity index (χ3v) is 8.10. The van der Waals surface area contributed by atoms with Crippen LogP contribution in [-0.2, 0) is 14.6 Å². The van der Waals surface area contributed by atoms with E-state index < -0.39 is 9.84 Å². The Bertz CT molecular complexity index is 1240. The van der Waals surface area contributed by atoms with Gasteiger partial charge < -0.3 is 10.2 Å². The Kier molecular flexibility index (Phi) is 6.36. The molecule has 1 aromatic heterocycles. The van der Waals surface area contributed by atoms with Crippen LogP contribution in [-0.4, -0.2) is 59.5 Å². The predicted molar refractivity (Wildman–Crippen MR) is 125 cm³/mol. The Morgan fingerprint density at radius 3 is 2.68 bits per heavy atom. The number of fused-ring (bicyclic) bond motifs is 1. The van der Waals surface area contributed by atoms with Crippen LogP contribution in [0, 0.1) is 0 Å². The average molecular weight is 477 g/mol. The molecule has 0 spiro atoms. The van der Waals surface area contributed by atoms with Gasteiger partial charge in [0, 0.05) is 18.5 Å². The fourth-order valence-corrected chi connectivity index (χ4v) is 6.15. The number of amides is 1. The summed E-state index contributed by atoms with van der Waals surface area (Å²) >= 11 is 7.50. The third-order valence-electron chi connectivity index (χ3n) is 5.18. The van der Waals surface area contributed by atoms with Crippen LogP contribution in [0.25, 0.3) is 10.9 Å². The summed E-state index contributed by atoms with van der Waals surface area (Å²) in [6.45, 7) is 0. The zero-order chi connectivity index (χ0) is 22.0. The van der Waals surface area contributed by atoms with Crippen LogP contribution in [0.5, 0.6) is 0 Å². The average Bonchev–Trinajstić information content (AvgIpc) is 3.12. The standard InChI is InChI=1S/C21H21ClN4O3S2/c1-26(14-10-11-31(28,29)13-14)19(27)12-30-21-24-17-8-4-2-6-15(17)20(25-21)23-18-9-5-3-7-16(18)22/h2-9,14H,10-13H2,1H3,(H,23,24,25). The van der Waals surface area contributed by atoms with Crippen LogP contribution in [0.4, 0.5) is 11.5 Å². The molecule has 2 aromatic carbocycles. The maximum Gasteiger partial charge on any atom is 0.233 e. The molecule has 162 valence electrons. The van der Waals surface area contributed by atoms with Crippen LogP contribution in [0.15, 0.2) is 53.7 Å². The number of anilines is 2. The smallest absolute Gasteiger partial charge is 0.233 e. The summed E-state index contributed by atoms with van der Waals surface area (Å²) in [4.78, 5) is 23.3. The van der Waals surface area contributed by atoms with Gasteiger partial charge in [0.25, 0.3) is 0 Å². The SMILES string of the molecule is CN(C(=O)CSc1nc(Nc2ccccc2Cl)c2ccccc2n1)C1CCS(=O)(=O)C1. The second kappa shape index (κ2) is 9.02. The molecule has 2 heterocycles. The van der Waals surface area contributed by atoms with E-state index in [1.807, 2.05) is 42.5 Å². The van der Waals surface area contributed by atoms with Crippen LogP contribution in [0.1, 0.15) is 6.42 Å². The van der Waals surface area contributed by atoms with E-state index in [2.05, 4.69) is 15.3 Å². The van der Waals surface area contributed by atoms with Crippen molar-refractivity contribution in [2.24, 2.45) is 0 Å². The Morgan fingerprint density at radius 1 is 1.19 bits per heavy atom. The van der Waals surface area contributed by atoms with Crippen molar-refractivity contribution in [2.75, 3.05) is 29.6 Å². The van der Waals surface area contributed by atoms with Gasteiger partial charge in [0.2, 0.25) is 5.91 Å². The molecule has 1 fully saturated rings. The second-order valence-electron chi connectivity index (χ2n) is 7.33. The van der Waals surface area contributed by atoms with E-state index in [4.69, 9.17) is 11.6 Å². The first kappa shape index (κ1) is 21.9. The molecule has 10 heteroatoms. The third kappa shape index (κ3) is 5.11. The summed E-state index contributed by atoms with van der Waals surface area (Å²) in [6, 6.07) is 14.7. The molecular formula is C21H21ClN4O3S2. The minimum atomic E-state index is -3.05. The number of nitrogens with zero attached hydrogens (tertiary/aromatic N) is 3. The lowest BCUT2D eigenvalue weighted by atomic mass is 10.2. The molecule has 0 aliphatic carbocycles. The summed E-state index contributed by atoms with van der Waals surface area (Å²) in [5.41, 5.74) is 1.47. The van der Waals surface area contributed by atoms with Gasteiger partial charge in [-0.15, -0.1) is 0 Å². The van der Waals surface area contributed by atoms with Crippen molar-refractivity contribution in [3.8, 4) is 0 Å². The Balaban J connectivity index is 1.53. The Morgan fingerprint density at radius 2 is 1.94 bits per heavy atom. The molecule has 0 bridgehead atoms. The monoisotopic (exact) mass is 476 g/mol. The molecule has 1 amide bonds. The van der Waals surface area contributed by atoms with Crippen LogP contribution in [0.2, 0.25) is 5.02 Å². The van der Waals surface area contributed by atoms with Gasteiger partial charge in [-0.25, -0.2) is 18.4 Å². The van der Waals surface area contributed by atoms with Crippen molar-refractivity contribution < 1.29 is 13.2 Å². The van der Waals surface area contributed by atoms with E-state index in [1.165, 1.54) is 16.7 Å². The number of carbonyl (C=O) groups is 1. The van der Waals surface area contributed by atoms with Gasteiger partial charge in [-0.3, -0.25) is 4.79 Å². The number of benzene rings is 2.